The Balaban J connectivity index is 1.42. The molecule has 0 radical (unpaired) electrons. The van der Waals surface area contributed by atoms with Gasteiger partial charge in [0.15, 0.2) is 23.2 Å². The lowest BCUT2D eigenvalue weighted by molar-refractivity contribution is -0.0675. The molecule has 196 valence electrons. The minimum Gasteiger partial charge on any atom is -0.387 e. The SMILES string of the molecule is [2H]c1c([2H])c(C([2H])([2H])OC[C@H]2O[C@@H](n3c(NCc4ccc(Cl)c(Cl)c4)nc4c(N)ncnc43)[C@H](O)[C@@H]2O)c([2H])c([2H])c1C#N. The summed E-state index contributed by atoms with van der Waals surface area (Å²) in [5, 5.41) is 34.9. The van der Waals surface area contributed by atoms with Crippen molar-refractivity contribution in [3.63, 3.8) is 0 Å². The number of nitriles is 1. The number of imidazole rings is 1. The molecule has 5 rings (SSSR count). The molecule has 11 nitrogen and oxygen atoms in total. The maximum Gasteiger partial charge on any atom is 0.207 e. The molecule has 2 aromatic carbocycles. The Morgan fingerprint density at radius 2 is 1.97 bits per heavy atom. The molecule has 1 saturated heterocycles. The van der Waals surface area contributed by atoms with E-state index in [1.165, 1.54) is 10.9 Å². The molecule has 1 fully saturated rings. The number of ether oxygens (including phenoxy) is 2. The first-order valence-electron chi connectivity index (χ1n) is 14.1. The van der Waals surface area contributed by atoms with Crippen molar-refractivity contribution in [2.45, 2.75) is 37.6 Å². The molecule has 38 heavy (non-hydrogen) atoms. The lowest BCUT2D eigenvalue weighted by atomic mass is 10.1. The molecule has 0 spiro atoms. The van der Waals surface area contributed by atoms with Gasteiger partial charge in [0, 0.05) is 6.54 Å². The molecule has 0 saturated carbocycles. The van der Waals surface area contributed by atoms with Gasteiger partial charge in [-0.3, -0.25) is 4.57 Å². The number of nitrogen functional groups attached to an aromatic ring is 1. The number of hydrogen-bond donors (Lipinski definition) is 4. The van der Waals surface area contributed by atoms with Crippen LogP contribution in [0.3, 0.4) is 0 Å². The molecule has 2 aromatic heterocycles. The Hall–Kier alpha value is -3.50. The molecule has 5 N–H and O–H groups in total. The van der Waals surface area contributed by atoms with Crippen molar-refractivity contribution < 1.29 is 27.9 Å². The number of nitrogens with one attached hydrogen (secondary N) is 1. The van der Waals surface area contributed by atoms with Crippen molar-refractivity contribution in [2.75, 3.05) is 17.7 Å². The van der Waals surface area contributed by atoms with Crippen molar-refractivity contribution in [1.82, 2.24) is 19.5 Å². The summed E-state index contributed by atoms with van der Waals surface area (Å²) in [6.45, 7) is -3.40. The number of aromatic nitrogens is 4. The number of halogens is 2. The van der Waals surface area contributed by atoms with Gasteiger partial charge in [-0.25, -0.2) is 15.0 Å². The second-order valence-electron chi connectivity index (χ2n) is 8.16. The summed E-state index contributed by atoms with van der Waals surface area (Å²) in [5.41, 5.74) is 5.79. The van der Waals surface area contributed by atoms with E-state index in [0.717, 1.165) is 5.56 Å². The van der Waals surface area contributed by atoms with Crippen LogP contribution in [0.2, 0.25) is 10.0 Å². The summed E-state index contributed by atoms with van der Waals surface area (Å²) in [6.07, 6.45) is -4.69. The summed E-state index contributed by atoms with van der Waals surface area (Å²) in [5.74, 6) is 0.169. The third-order valence-corrected chi connectivity index (χ3v) is 6.43. The quantitative estimate of drug-likeness (QED) is 0.251. The van der Waals surface area contributed by atoms with Gasteiger partial charge in [0.05, 0.1) is 43.1 Å². The van der Waals surface area contributed by atoms with Gasteiger partial charge in [0.2, 0.25) is 5.95 Å². The highest BCUT2D eigenvalue weighted by Crippen LogP contribution is 2.35. The first-order valence-corrected chi connectivity index (χ1v) is 11.8. The number of anilines is 2. The predicted molar refractivity (Wildman–Crippen MR) is 140 cm³/mol. The van der Waals surface area contributed by atoms with E-state index in [9.17, 15) is 15.5 Å². The highest BCUT2D eigenvalue weighted by molar-refractivity contribution is 6.42. The van der Waals surface area contributed by atoms with Crippen LogP contribution in [0, 0.1) is 11.3 Å². The number of aliphatic hydroxyl groups excluding tert-OH is 2. The van der Waals surface area contributed by atoms with E-state index in [1.54, 1.807) is 24.3 Å². The van der Waals surface area contributed by atoms with Crippen LogP contribution >= 0.6 is 23.2 Å². The third kappa shape index (κ3) is 5.23. The smallest absolute Gasteiger partial charge is 0.207 e. The molecule has 3 heterocycles. The van der Waals surface area contributed by atoms with Gasteiger partial charge >= 0.3 is 0 Å². The van der Waals surface area contributed by atoms with Crippen molar-refractivity contribution in [3.05, 3.63) is 75.4 Å². The standard InChI is InChI=1S/C25H23Cl2N7O4/c26-16-6-5-15(7-17(16)27)9-30-25-33-19-22(29)31-12-32-23(19)34(25)24-21(36)20(35)18(38-24)11-37-10-14-3-1-13(8-28)2-4-14/h1-7,12,18,20-21,24,35-36H,9-11H2,(H,30,33)(H2,29,31,32)/t18-,20-,21-,24-/m1/s1/i1D,2D,3D,4D,10D2. The average Bonchev–Trinajstić information content (AvgIpc) is 3.49. The van der Waals surface area contributed by atoms with Crippen LogP contribution in [-0.4, -0.2) is 54.7 Å². The first-order chi connectivity index (χ1) is 20.8. The molecule has 1 aliphatic rings. The second-order valence-corrected chi connectivity index (χ2v) is 8.97. The van der Waals surface area contributed by atoms with Crippen molar-refractivity contribution >= 4 is 46.1 Å². The van der Waals surface area contributed by atoms with Crippen LogP contribution in [0.4, 0.5) is 11.8 Å². The zero-order chi connectivity index (χ0) is 32.1. The van der Waals surface area contributed by atoms with E-state index in [4.69, 9.17) is 46.6 Å². The summed E-state index contributed by atoms with van der Waals surface area (Å²) in [6, 6.07) is 3.55. The van der Waals surface area contributed by atoms with E-state index in [-0.39, 0.29) is 29.5 Å². The van der Waals surface area contributed by atoms with Crippen LogP contribution < -0.4 is 11.1 Å². The summed E-state index contributed by atoms with van der Waals surface area (Å²) < 4.78 is 61.5. The Bertz CT molecular complexity index is 1780. The molecule has 1 aliphatic heterocycles. The van der Waals surface area contributed by atoms with Gasteiger partial charge in [0.1, 0.15) is 24.6 Å². The van der Waals surface area contributed by atoms with Crippen LogP contribution in [0.15, 0.2) is 48.7 Å². The molecule has 13 heteroatoms. The number of benzene rings is 2. The highest BCUT2D eigenvalue weighted by atomic mass is 35.5. The molecule has 0 unspecified atom stereocenters. The Kier molecular flexibility index (Phi) is 5.70. The fourth-order valence-electron chi connectivity index (χ4n) is 3.82. The third-order valence-electron chi connectivity index (χ3n) is 5.69. The molecule has 4 aromatic rings. The van der Waals surface area contributed by atoms with E-state index >= 15 is 0 Å². The first kappa shape index (κ1) is 19.6. The van der Waals surface area contributed by atoms with E-state index < -0.39 is 73.0 Å². The lowest BCUT2D eigenvalue weighted by Gasteiger charge is -2.20. The van der Waals surface area contributed by atoms with Gasteiger partial charge in [-0.1, -0.05) is 41.4 Å². The van der Waals surface area contributed by atoms with Gasteiger partial charge in [-0.15, -0.1) is 0 Å². The average molecular weight is 562 g/mol. The Morgan fingerprint density at radius 1 is 1.18 bits per heavy atom. The minimum atomic E-state index is -2.91. The van der Waals surface area contributed by atoms with Crippen molar-refractivity contribution in [3.8, 4) is 6.07 Å². The highest BCUT2D eigenvalue weighted by Gasteiger charge is 2.45. The number of rotatable bonds is 8. The number of hydrogen-bond acceptors (Lipinski definition) is 10. The molecule has 0 aliphatic carbocycles. The van der Waals surface area contributed by atoms with E-state index in [0.29, 0.717) is 10.0 Å². The maximum absolute atomic E-state index is 11.0. The van der Waals surface area contributed by atoms with Crippen LogP contribution in [0.1, 0.15) is 31.1 Å². The van der Waals surface area contributed by atoms with E-state index in [2.05, 4.69) is 20.3 Å². The number of aliphatic hydroxyl groups is 2. The normalized spacial score (nSPS) is 23.7. The number of fused-ring (bicyclic) bond motifs is 1. The molecule has 0 bridgehead atoms. The second kappa shape index (κ2) is 11.1. The maximum atomic E-state index is 11.0. The lowest BCUT2D eigenvalue weighted by Crippen LogP contribution is -2.34. The van der Waals surface area contributed by atoms with Gasteiger partial charge < -0.3 is 30.7 Å². The van der Waals surface area contributed by atoms with Crippen LogP contribution in [0.25, 0.3) is 11.2 Å². The molecule has 0 amide bonds. The van der Waals surface area contributed by atoms with Gasteiger partial charge in [-0.2, -0.15) is 5.26 Å². The summed E-state index contributed by atoms with van der Waals surface area (Å²) >= 11 is 12.1. The number of nitrogens with zero attached hydrogens (tertiary/aromatic N) is 5. The zero-order valence-corrected chi connectivity index (χ0v) is 20.8. The van der Waals surface area contributed by atoms with Gasteiger partial charge in [-0.05, 0) is 35.3 Å². The van der Waals surface area contributed by atoms with Crippen molar-refractivity contribution in [2.24, 2.45) is 0 Å². The minimum absolute atomic E-state index is 0.0368. The molecular formula is C25H23Cl2N7O4. The van der Waals surface area contributed by atoms with Crippen LogP contribution in [-0.2, 0) is 22.6 Å². The Morgan fingerprint density at radius 3 is 2.71 bits per heavy atom. The van der Waals surface area contributed by atoms with Gasteiger partial charge in [0.25, 0.3) is 0 Å². The fourth-order valence-corrected chi connectivity index (χ4v) is 4.14. The largest absolute Gasteiger partial charge is 0.387 e. The predicted octanol–water partition coefficient (Wildman–Crippen LogP) is 3.04. The Labute approximate surface area is 235 Å². The van der Waals surface area contributed by atoms with Crippen molar-refractivity contribution in [1.29, 1.82) is 5.26 Å². The molecular weight excluding hydrogens is 533 g/mol. The van der Waals surface area contributed by atoms with E-state index in [1.807, 2.05) is 0 Å². The summed E-state index contributed by atoms with van der Waals surface area (Å²) in [7, 11) is 0. The zero-order valence-electron chi connectivity index (χ0n) is 25.3. The molecule has 4 atom stereocenters. The van der Waals surface area contributed by atoms with Crippen LogP contribution in [0.5, 0.6) is 0 Å². The fraction of sp³-hybridized carbons (Fsp3) is 0.280. The number of nitrogens with two attached hydrogens (primary N) is 1. The summed E-state index contributed by atoms with van der Waals surface area (Å²) in [4.78, 5) is 12.6. The topological polar surface area (TPSA) is 164 Å². The monoisotopic (exact) mass is 561 g/mol.